The van der Waals surface area contributed by atoms with Crippen molar-refractivity contribution < 1.29 is 4.74 Å². The minimum absolute atomic E-state index is 0.299. The molecule has 5 heteroatoms. The fourth-order valence-corrected chi connectivity index (χ4v) is 1.55. The zero-order valence-corrected chi connectivity index (χ0v) is 10.1. The topological polar surface area (TPSA) is 61.0 Å². The molecule has 17 heavy (non-hydrogen) atoms. The Hall–Kier alpha value is -1.65. The van der Waals surface area contributed by atoms with Gasteiger partial charge in [-0.25, -0.2) is 9.97 Å². The summed E-state index contributed by atoms with van der Waals surface area (Å²) in [7, 11) is 0. The van der Waals surface area contributed by atoms with Crippen molar-refractivity contribution in [3.63, 3.8) is 0 Å². The summed E-state index contributed by atoms with van der Waals surface area (Å²) in [5.41, 5.74) is 7.26. The van der Waals surface area contributed by atoms with Gasteiger partial charge in [0.25, 0.3) is 0 Å². The summed E-state index contributed by atoms with van der Waals surface area (Å²) in [6, 6.07) is 5.67. The van der Waals surface area contributed by atoms with Crippen LogP contribution in [0.15, 0.2) is 30.6 Å². The van der Waals surface area contributed by atoms with Crippen molar-refractivity contribution in [3.05, 3.63) is 46.7 Å². The first-order valence-corrected chi connectivity index (χ1v) is 5.52. The summed E-state index contributed by atoms with van der Waals surface area (Å²) >= 11 is 5.86. The smallest absolute Gasteiger partial charge is 0.321 e. The molecule has 0 unspecified atom stereocenters. The average molecular weight is 250 g/mol. The minimum Gasteiger partial charge on any atom is -0.424 e. The van der Waals surface area contributed by atoms with Gasteiger partial charge in [0.05, 0.1) is 0 Å². The van der Waals surface area contributed by atoms with Crippen LogP contribution in [-0.2, 0) is 6.54 Å². The molecular weight excluding hydrogens is 238 g/mol. The van der Waals surface area contributed by atoms with Crippen molar-refractivity contribution in [1.82, 2.24) is 9.97 Å². The van der Waals surface area contributed by atoms with E-state index in [2.05, 4.69) is 9.97 Å². The molecule has 0 aliphatic heterocycles. The summed E-state index contributed by atoms with van der Waals surface area (Å²) in [4.78, 5) is 8.12. The van der Waals surface area contributed by atoms with Gasteiger partial charge in [-0.3, -0.25) is 0 Å². The maximum Gasteiger partial charge on any atom is 0.321 e. The predicted molar refractivity (Wildman–Crippen MR) is 66.2 cm³/mol. The summed E-state index contributed by atoms with van der Waals surface area (Å²) in [6.45, 7) is 2.33. The molecule has 0 amide bonds. The lowest BCUT2D eigenvalue weighted by atomic mass is 10.2. The predicted octanol–water partition coefficient (Wildman–Crippen LogP) is 2.69. The molecule has 0 fully saturated rings. The third kappa shape index (κ3) is 2.93. The number of halogens is 1. The van der Waals surface area contributed by atoms with E-state index in [1.165, 1.54) is 0 Å². The lowest BCUT2D eigenvalue weighted by Crippen LogP contribution is -1.99. The number of aromatic nitrogens is 2. The molecule has 0 radical (unpaired) electrons. The molecule has 1 heterocycles. The standard InChI is InChI=1S/C12H12ClN3O/c1-8-4-10(13)2-3-11(8)17-12-15-6-9(5-14)7-16-12/h2-4,6-7H,5,14H2,1H3. The molecule has 88 valence electrons. The van der Waals surface area contributed by atoms with Gasteiger partial charge in [0.1, 0.15) is 5.75 Å². The Kier molecular flexibility index (Phi) is 3.56. The molecule has 0 spiro atoms. The van der Waals surface area contributed by atoms with Crippen LogP contribution in [0.5, 0.6) is 11.8 Å². The van der Waals surface area contributed by atoms with Gasteiger partial charge in [-0.05, 0) is 30.7 Å². The summed E-state index contributed by atoms with van der Waals surface area (Å²) in [6.07, 6.45) is 3.29. The Labute approximate surface area is 104 Å². The summed E-state index contributed by atoms with van der Waals surface area (Å²) < 4.78 is 5.54. The van der Waals surface area contributed by atoms with Gasteiger partial charge in [-0.2, -0.15) is 0 Å². The van der Waals surface area contributed by atoms with E-state index in [0.717, 1.165) is 11.1 Å². The number of nitrogens with two attached hydrogens (primary N) is 1. The molecule has 0 bridgehead atoms. The highest BCUT2D eigenvalue weighted by Crippen LogP contribution is 2.25. The highest BCUT2D eigenvalue weighted by atomic mass is 35.5. The molecular formula is C12H12ClN3O. The van der Waals surface area contributed by atoms with Crippen molar-refractivity contribution in [3.8, 4) is 11.8 Å². The van der Waals surface area contributed by atoms with Crippen LogP contribution in [0.1, 0.15) is 11.1 Å². The fraction of sp³-hybridized carbons (Fsp3) is 0.167. The lowest BCUT2D eigenvalue weighted by Gasteiger charge is -2.07. The number of aryl methyl sites for hydroxylation is 1. The molecule has 1 aromatic carbocycles. The second-order valence-corrected chi connectivity index (χ2v) is 4.03. The first-order chi connectivity index (χ1) is 8.19. The van der Waals surface area contributed by atoms with Crippen molar-refractivity contribution in [2.45, 2.75) is 13.5 Å². The zero-order chi connectivity index (χ0) is 12.3. The van der Waals surface area contributed by atoms with Gasteiger partial charge in [0.2, 0.25) is 0 Å². The Bertz CT molecular complexity index is 514. The number of rotatable bonds is 3. The Balaban J connectivity index is 2.19. The molecule has 4 nitrogen and oxygen atoms in total. The third-order valence-corrected chi connectivity index (χ3v) is 2.49. The maximum absolute atomic E-state index is 5.86. The third-order valence-electron chi connectivity index (χ3n) is 2.26. The highest BCUT2D eigenvalue weighted by molar-refractivity contribution is 6.30. The van der Waals surface area contributed by atoms with E-state index in [4.69, 9.17) is 22.1 Å². The Morgan fingerprint density at radius 1 is 1.29 bits per heavy atom. The molecule has 0 atom stereocenters. The van der Waals surface area contributed by atoms with E-state index in [1.54, 1.807) is 24.5 Å². The molecule has 1 aromatic heterocycles. The molecule has 2 aromatic rings. The van der Waals surface area contributed by atoms with Crippen LogP contribution in [-0.4, -0.2) is 9.97 Å². The second kappa shape index (κ2) is 5.12. The van der Waals surface area contributed by atoms with E-state index in [9.17, 15) is 0 Å². The fourth-order valence-electron chi connectivity index (χ4n) is 1.33. The lowest BCUT2D eigenvalue weighted by molar-refractivity contribution is 0.438. The van der Waals surface area contributed by atoms with Crippen molar-refractivity contribution in [2.75, 3.05) is 0 Å². The largest absolute Gasteiger partial charge is 0.424 e. The Morgan fingerprint density at radius 2 is 2.00 bits per heavy atom. The summed E-state index contributed by atoms with van der Waals surface area (Å²) in [5, 5.41) is 0.675. The minimum atomic E-state index is 0.299. The van der Waals surface area contributed by atoms with Crippen LogP contribution < -0.4 is 10.5 Å². The normalized spacial score (nSPS) is 10.3. The molecule has 0 saturated carbocycles. The van der Waals surface area contributed by atoms with E-state index < -0.39 is 0 Å². The van der Waals surface area contributed by atoms with Gasteiger partial charge in [0.15, 0.2) is 0 Å². The van der Waals surface area contributed by atoms with Gasteiger partial charge in [-0.15, -0.1) is 0 Å². The first-order valence-electron chi connectivity index (χ1n) is 5.14. The van der Waals surface area contributed by atoms with Crippen LogP contribution in [0.25, 0.3) is 0 Å². The Morgan fingerprint density at radius 3 is 2.59 bits per heavy atom. The van der Waals surface area contributed by atoms with Crippen LogP contribution in [0.2, 0.25) is 5.02 Å². The SMILES string of the molecule is Cc1cc(Cl)ccc1Oc1ncc(CN)cn1. The number of hydrogen-bond donors (Lipinski definition) is 1. The average Bonchev–Trinajstić information content (AvgIpc) is 2.34. The number of ether oxygens (including phenoxy) is 1. The van der Waals surface area contributed by atoms with Gasteiger partial charge in [-0.1, -0.05) is 11.6 Å². The quantitative estimate of drug-likeness (QED) is 0.909. The maximum atomic E-state index is 5.86. The van der Waals surface area contributed by atoms with Crippen molar-refractivity contribution >= 4 is 11.6 Å². The van der Waals surface area contributed by atoms with Crippen LogP contribution >= 0.6 is 11.6 Å². The van der Waals surface area contributed by atoms with Gasteiger partial charge >= 0.3 is 6.01 Å². The monoisotopic (exact) mass is 249 g/mol. The highest BCUT2D eigenvalue weighted by Gasteiger charge is 2.04. The molecule has 2 rings (SSSR count). The zero-order valence-electron chi connectivity index (χ0n) is 9.35. The van der Waals surface area contributed by atoms with Crippen LogP contribution in [0.3, 0.4) is 0 Å². The van der Waals surface area contributed by atoms with Crippen LogP contribution in [0.4, 0.5) is 0 Å². The number of benzene rings is 1. The van der Waals surface area contributed by atoms with E-state index in [1.807, 2.05) is 13.0 Å². The van der Waals surface area contributed by atoms with E-state index in [-0.39, 0.29) is 0 Å². The van der Waals surface area contributed by atoms with Crippen LogP contribution in [0, 0.1) is 6.92 Å². The first kappa shape index (κ1) is 11.8. The van der Waals surface area contributed by atoms with Crippen molar-refractivity contribution in [1.29, 1.82) is 0 Å². The van der Waals surface area contributed by atoms with Gasteiger partial charge < -0.3 is 10.5 Å². The van der Waals surface area contributed by atoms with E-state index >= 15 is 0 Å². The number of hydrogen-bond acceptors (Lipinski definition) is 4. The molecule has 0 aliphatic rings. The van der Waals surface area contributed by atoms with Gasteiger partial charge in [0, 0.05) is 29.5 Å². The summed E-state index contributed by atoms with van der Waals surface area (Å²) in [5.74, 6) is 0.690. The van der Waals surface area contributed by atoms with Crippen molar-refractivity contribution in [2.24, 2.45) is 5.73 Å². The second-order valence-electron chi connectivity index (χ2n) is 3.59. The molecule has 2 N–H and O–H groups in total. The molecule has 0 aliphatic carbocycles. The van der Waals surface area contributed by atoms with E-state index in [0.29, 0.717) is 23.3 Å². The molecule has 0 saturated heterocycles. The number of nitrogens with zero attached hydrogens (tertiary/aromatic N) is 2.